The zero-order chi connectivity index (χ0) is 35.7. The molecule has 2 aromatic rings. The molecule has 0 aliphatic rings. The molecule has 260 valence electrons. The fourth-order valence-electron chi connectivity index (χ4n) is 2.78. The number of primary sulfonamides is 1. The van der Waals surface area contributed by atoms with Crippen LogP contribution in [-0.2, 0) is 24.3 Å². The first-order chi connectivity index (χ1) is 19.6. The lowest BCUT2D eigenvalue weighted by Crippen LogP contribution is -2.75. The quantitative estimate of drug-likeness (QED) is 0.160. The van der Waals surface area contributed by atoms with Crippen molar-refractivity contribution in [2.24, 2.45) is 5.14 Å². The van der Waals surface area contributed by atoms with Crippen molar-refractivity contribution >= 4 is 41.7 Å². The molecule has 1 aromatic carbocycles. The van der Waals surface area contributed by atoms with E-state index in [1.807, 2.05) is 0 Å². The molecule has 0 amide bonds. The number of nitrogens with zero attached hydrogens (tertiary/aromatic N) is 1. The first-order valence-corrected chi connectivity index (χ1v) is 14.1. The molecule has 1 aromatic heterocycles. The summed E-state index contributed by atoms with van der Waals surface area (Å²) in [7, 11) is -12.0. The number of fused-ring (bicyclic) bond motifs is 1. The minimum atomic E-state index is -8.96. The highest BCUT2D eigenvalue weighted by Crippen LogP contribution is 2.64. The topological polar surface area (TPSA) is 126 Å². The zero-order valence-electron chi connectivity index (χ0n) is 20.3. The largest absolute Gasteiger partial charge is 0.491 e. The van der Waals surface area contributed by atoms with E-state index in [0.717, 1.165) is 18.2 Å². The molecule has 0 fully saturated rings. The minimum absolute atomic E-state index is 0.00484. The summed E-state index contributed by atoms with van der Waals surface area (Å²) in [6.07, 6.45) is -7.93. The van der Waals surface area contributed by atoms with Gasteiger partial charge in [-0.2, -0.15) is 83.1 Å². The smallest absolute Gasteiger partial charge is 0.460 e. The van der Waals surface area contributed by atoms with Gasteiger partial charge in [0.05, 0.1) is 10.2 Å². The molecule has 0 saturated carbocycles. The Balaban J connectivity index is 2.32. The van der Waals surface area contributed by atoms with E-state index in [9.17, 15) is 91.5 Å². The summed E-state index contributed by atoms with van der Waals surface area (Å²) in [4.78, 5) is 3.59. The number of sulfonamides is 1. The summed E-state index contributed by atoms with van der Waals surface area (Å²) in [5.74, 6) is -52.7. The van der Waals surface area contributed by atoms with E-state index in [-0.39, 0.29) is 10.2 Å². The van der Waals surface area contributed by atoms with Crippen LogP contribution in [-0.4, -0.2) is 82.0 Å². The second kappa shape index (κ2) is 11.1. The lowest BCUT2D eigenvalue weighted by Gasteiger charge is -2.42. The summed E-state index contributed by atoms with van der Waals surface area (Å²) in [5, 5.41) is -2.95. The van der Waals surface area contributed by atoms with Crippen LogP contribution in [0.1, 0.15) is 0 Å². The second-order valence-electron chi connectivity index (χ2n) is 8.24. The number of aromatic nitrogens is 1. The third-order valence-electron chi connectivity index (χ3n) is 5.18. The van der Waals surface area contributed by atoms with Crippen LogP contribution in [0.25, 0.3) is 10.2 Å². The van der Waals surface area contributed by atoms with Gasteiger partial charge in [0.15, 0.2) is 0 Å². The van der Waals surface area contributed by atoms with Crippen LogP contribution in [0.5, 0.6) is 5.75 Å². The van der Waals surface area contributed by atoms with Crippen LogP contribution in [0.3, 0.4) is 0 Å². The Morgan fingerprint density at radius 2 is 1.11 bits per heavy atom. The number of halogens is 17. The molecule has 0 spiro atoms. The average molecular weight is 756 g/mol. The number of hydrogen-bond acceptors (Lipinski definition) is 8. The average Bonchev–Trinajstić information content (AvgIpc) is 3.29. The summed E-state index contributed by atoms with van der Waals surface area (Å²) < 4.78 is 279. The Hall–Kier alpha value is -2.46. The maximum Gasteiger partial charge on any atom is 0.460 e. The van der Waals surface area contributed by atoms with Gasteiger partial charge in [-0.15, -0.1) is 11.3 Å². The Morgan fingerprint density at radius 1 is 0.667 bits per heavy atom. The SMILES string of the molecule is NS(=O)(=O)c1nc2ccc(OCCOS(=O)(=O)C(F)(F)C(F)(F)C(F)(F)C(F)(F)C(F)(F)C(F)(F)C(F)(F)C(F)(F)F)cc2s1. The van der Waals surface area contributed by atoms with Crippen molar-refractivity contribution < 1.29 is 100 Å². The Morgan fingerprint density at radius 3 is 1.56 bits per heavy atom. The van der Waals surface area contributed by atoms with Crippen LogP contribution in [0.4, 0.5) is 74.6 Å². The Labute approximate surface area is 241 Å². The summed E-state index contributed by atoms with van der Waals surface area (Å²) >= 11 is 0.434. The van der Waals surface area contributed by atoms with Gasteiger partial charge in [0, 0.05) is 0 Å². The molecule has 8 nitrogen and oxygen atoms in total. The monoisotopic (exact) mass is 756 g/mol. The third-order valence-corrected chi connectivity index (χ3v) is 8.88. The van der Waals surface area contributed by atoms with Gasteiger partial charge in [-0.25, -0.2) is 18.5 Å². The predicted molar refractivity (Wildman–Crippen MR) is 112 cm³/mol. The van der Waals surface area contributed by atoms with E-state index in [0.29, 0.717) is 11.3 Å². The van der Waals surface area contributed by atoms with E-state index in [1.54, 1.807) is 0 Å². The van der Waals surface area contributed by atoms with Gasteiger partial charge in [-0.1, -0.05) is 0 Å². The fraction of sp³-hybridized carbons (Fsp3) is 0.588. The van der Waals surface area contributed by atoms with Gasteiger partial charge in [-0.3, -0.25) is 4.18 Å². The van der Waals surface area contributed by atoms with Crippen LogP contribution in [0, 0.1) is 0 Å². The number of ether oxygens (including phenoxy) is 1. The van der Waals surface area contributed by atoms with Crippen molar-refractivity contribution in [1.29, 1.82) is 0 Å². The van der Waals surface area contributed by atoms with Crippen molar-refractivity contribution in [3.8, 4) is 5.75 Å². The normalized spacial score (nSPS) is 15.5. The highest BCUT2D eigenvalue weighted by atomic mass is 32.2. The van der Waals surface area contributed by atoms with E-state index in [1.165, 1.54) is 0 Å². The van der Waals surface area contributed by atoms with Gasteiger partial charge in [-0.05, 0) is 18.2 Å². The van der Waals surface area contributed by atoms with E-state index < -0.39 is 90.4 Å². The second-order valence-corrected chi connectivity index (χ2v) is 12.7. The molecule has 2 rings (SSSR count). The van der Waals surface area contributed by atoms with E-state index in [4.69, 9.17) is 9.88 Å². The Kier molecular flexibility index (Phi) is 9.52. The zero-order valence-corrected chi connectivity index (χ0v) is 22.7. The van der Waals surface area contributed by atoms with Gasteiger partial charge in [0.25, 0.3) is 10.0 Å². The molecule has 28 heteroatoms. The molecule has 45 heavy (non-hydrogen) atoms. The number of nitrogens with two attached hydrogens (primary N) is 1. The first kappa shape index (κ1) is 38.7. The number of thiazole rings is 1. The molecule has 2 N–H and O–H groups in total. The minimum Gasteiger partial charge on any atom is -0.491 e. The molecular weight excluding hydrogens is 747 g/mol. The van der Waals surface area contributed by atoms with Crippen molar-refractivity contribution in [3.63, 3.8) is 0 Å². The highest BCUT2D eigenvalue weighted by Gasteiger charge is 2.96. The number of hydrogen-bond donors (Lipinski definition) is 1. The van der Waals surface area contributed by atoms with E-state index >= 15 is 0 Å². The molecule has 0 aliphatic carbocycles. The van der Waals surface area contributed by atoms with Gasteiger partial charge in [0.1, 0.15) is 19.0 Å². The molecular formula is C17H9F17N2O6S3. The standard InChI is InChI=1S/C17H9F17N2O6S3/c18-10(19,12(22,23)14(26,27)16(30,31)32)11(20,21)13(24,25)15(28,29)17(33,34)45(39,40)42-4-3-41-6-1-2-7-8(5-6)43-9(36-7)44(35,37)38/h1-2,5H,3-4H2,(H2,35,37,38). The highest BCUT2D eigenvalue weighted by molar-refractivity contribution is 7.91. The van der Waals surface area contributed by atoms with Crippen LogP contribution in [0.15, 0.2) is 22.5 Å². The molecule has 0 bridgehead atoms. The molecule has 0 aliphatic heterocycles. The predicted octanol–water partition coefficient (Wildman–Crippen LogP) is 5.64. The molecule has 0 unspecified atom stereocenters. The lowest BCUT2D eigenvalue weighted by molar-refractivity contribution is -0.458. The third kappa shape index (κ3) is 5.94. The van der Waals surface area contributed by atoms with Crippen molar-refractivity contribution in [2.75, 3.05) is 13.2 Å². The molecule has 0 radical (unpaired) electrons. The van der Waals surface area contributed by atoms with Crippen molar-refractivity contribution in [2.45, 2.75) is 51.3 Å². The first-order valence-electron chi connectivity index (χ1n) is 10.3. The Bertz CT molecular complexity index is 1640. The number of alkyl halides is 17. The van der Waals surface area contributed by atoms with Crippen LogP contribution >= 0.6 is 11.3 Å². The maximum absolute atomic E-state index is 14.0. The molecule has 1 heterocycles. The fourth-order valence-corrected chi connectivity index (χ4v) is 5.34. The molecule has 0 atom stereocenters. The maximum atomic E-state index is 14.0. The van der Waals surface area contributed by atoms with Crippen LogP contribution in [0.2, 0.25) is 0 Å². The van der Waals surface area contributed by atoms with Gasteiger partial charge in [0.2, 0.25) is 4.34 Å². The van der Waals surface area contributed by atoms with E-state index in [2.05, 4.69) is 9.17 Å². The summed E-state index contributed by atoms with van der Waals surface area (Å²) in [5.41, 5.74) is -0.0275. The van der Waals surface area contributed by atoms with Gasteiger partial charge >= 0.3 is 57.1 Å². The van der Waals surface area contributed by atoms with Crippen molar-refractivity contribution in [1.82, 2.24) is 4.98 Å². The number of rotatable bonds is 13. The number of benzene rings is 1. The van der Waals surface area contributed by atoms with Gasteiger partial charge < -0.3 is 4.74 Å². The summed E-state index contributed by atoms with van der Waals surface area (Å²) in [6.45, 7) is -3.25. The van der Waals surface area contributed by atoms with Crippen LogP contribution < -0.4 is 9.88 Å². The summed E-state index contributed by atoms with van der Waals surface area (Å²) in [6, 6.07) is 2.92. The molecule has 0 saturated heterocycles. The van der Waals surface area contributed by atoms with Crippen molar-refractivity contribution in [3.05, 3.63) is 18.2 Å². The lowest BCUT2D eigenvalue weighted by atomic mass is 9.91.